The fraction of sp³-hybridized carbons (Fsp3) is 0.381. The number of aliphatic carboxylic acids is 1. The fourth-order valence-corrected chi connectivity index (χ4v) is 2.63. The number of fused-ring (bicyclic) bond motifs is 1. The minimum Gasteiger partial charge on any atom is -0.475 e. The van der Waals surface area contributed by atoms with Crippen LogP contribution in [0, 0.1) is 0 Å². The quantitative estimate of drug-likeness (QED) is 0.565. The summed E-state index contributed by atoms with van der Waals surface area (Å²) in [5.74, 6) is -2.76. The van der Waals surface area contributed by atoms with Crippen LogP contribution in [0.4, 0.5) is 13.2 Å². The normalized spacial score (nSPS) is 12.9. The molecule has 0 bridgehead atoms. The topological polar surface area (TPSA) is 90.9 Å². The van der Waals surface area contributed by atoms with Crippen molar-refractivity contribution in [2.75, 3.05) is 0 Å². The summed E-state index contributed by atoms with van der Waals surface area (Å²) in [7, 11) is 0. The molecule has 0 fully saturated rings. The predicted molar refractivity (Wildman–Crippen MR) is 108 cm³/mol. The molecule has 0 aliphatic heterocycles. The molecule has 0 saturated heterocycles. The van der Waals surface area contributed by atoms with E-state index >= 15 is 0 Å². The molecular formula is C21H25F3N4O2. The van der Waals surface area contributed by atoms with E-state index in [1.54, 1.807) is 0 Å². The molecule has 0 spiro atoms. The number of rotatable bonds is 4. The molecule has 0 aromatic carbocycles. The Balaban J connectivity index is 0.000000396. The maximum Gasteiger partial charge on any atom is 0.490 e. The van der Waals surface area contributed by atoms with Crippen molar-refractivity contribution in [2.24, 2.45) is 0 Å². The molecule has 0 aliphatic carbocycles. The summed E-state index contributed by atoms with van der Waals surface area (Å²) >= 11 is 0. The van der Waals surface area contributed by atoms with Crippen LogP contribution in [0.5, 0.6) is 0 Å². The number of nitrogens with one attached hydrogen (secondary N) is 2. The highest BCUT2D eigenvalue weighted by Gasteiger charge is 2.38. The number of aromatic nitrogens is 3. The van der Waals surface area contributed by atoms with Crippen LogP contribution in [0.3, 0.4) is 0 Å². The highest BCUT2D eigenvalue weighted by molar-refractivity contribution is 5.75. The molecule has 0 amide bonds. The third kappa shape index (κ3) is 6.55. The van der Waals surface area contributed by atoms with Crippen LogP contribution in [-0.2, 0) is 16.8 Å². The van der Waals surface area contributed by atoms with Gasteiger partial charge in [0.25, 0.3) is 0 Å². The van der Waals surface area contributed by atoms with Crippen LogP contribution >= 0.6 is 0 Å². The first-order valence-electron chi connectivity index (χ1n) is 9.30. The summed E-state index contributed by atoms with van der Waals surface area (Å²) in [5.41, 5.74) is 5.74. The van der Waals surface area contributed by atoms with Crippen LogP contribution in [0.25, 0.3) is 11.0 Å². The molecule has 9 heteroatoms. The van der Waals surface area contributed by atoms with E-state index in [2.05, 4.69) is 66.2 Å². The van der Waals surface area contributed by atoms with Crippen molar-refractivity contribution >= 4 is 17.0 Å². The summed E-state index contributed by atoms with van der Waals surface area (Å²) in [6, 6.07) is 10.6. The third-order valence-electron chi connectivity index (χ3n) is 4.38. The Labute approximate surface area is 172 Å². The van der Waals surface area contributed by atoms with Gasteiger partial charge in [0.15, 0.2) is 0 Å². The van der Waals surface area contributed by atoms with E-state index in [-0.39, 0.29) is 11.5 Å². The van der Waals surface area contributed by atoms with Crippen LogP contribution in [0.1, 0.15) is 50.7 Å². The molecule has 6 nitrogen and oxygen atoms in total. The van der Waals surface area contributed by atoms with Crippen LogP contribution in [0.15, 0.2) is 42.7 Å². The summed E-state index contributed by atoms with van der Waals surface area (Å²) in [4.78, 5) is 21.2. The number of hydrogen-bond donors (Lipinski definition) is 3. The maximum atomic E-state index is 10.6. The number of carboxylic acid groups (broad SMARTS) is 1. The second-order valence-corrected chi connectivity index (χ2v) is 7.86. The average Bonchev–Trinajstić information content (AvgIpc) is 3.08. The van der Waals surface area contributed by atoms with Gasteiger partial charge in [-0.15, -0.1) is 0 Å². The van der Waals surface area contributed by atoms with Gasteiger partial charge >= 0.3 is 12.1 Å². The minimum atomic E-state index is -5.08. The van der Waals surface area contributed by atoms with Crippen molar-refractivity contribution in [1.82, 2.24) is 20.3 Å². The summed E-state index contributed by atoms with van der Waals surface area (Å²) in [5, 5.41) is 10.7. The molecule has 3 heterocycles. The van der Waals surface area contributed by atoms with Gasteiger partial charge in [-0.1, -0.05) is 20.8 Å². The average molecular weight is 422 g/mol. The van der Waals surface area contributed by atoms with Crippen molar-refractivity contribution < 1.29 is 23.1 Å². The zero-order valence-corrected chi connectivity index (χ0v) is 17.2. The van der Waals surface area contributed by atoms with E-state index in [9.17, 15) is 13.2 Å². The van der Waals surface area contributed by atoms with E-state index in [0.29, 0.717) is 0 Å². The molecule has 0 radical (unpaired) electrons. The standard InChI is InChI=1S/C19H24N4.C2HF3O2/c1-13(17-10-14(7-9-21-17)19(2,3)4)22-12-15-11-18-16(23-15)6-5-8-20-18;3-2(4,5)1(6)7/h5-11,13,22-23H,12H2,1-4H3;(H,6,7). The molecule has 3 rings (SSSR count). The number of halogens is 3. The van der Waals surface area contributed by atoms with Gasteiger partial charge in [0, 0.05) is 30.7 Å². The molecule has 0 saturated carbocycles. The number of hydrogen-bond acceptors (Lipinski definition) is 4. The van der Waals surface area contributed by atoms with E-state index < -0.39 is 12.1 Å². The lowest BCUT2D eigenvalue weighted by molar-refractivity contribution is -0.192. The van der Waals surface area contributed by atoms with Crippen LogP contribution in [-0.4, -0.2) is 32.2 Å². The van der Waals surface area contributed by atoms with Gasteiger partial charge < -0.3 is 15.4 Å². The van der Waals surface area contributed by atoms with Crippen LogP contribution in [0.2, 0.25) is 0 Å². The third-order valence-corrected chi connectivity index (χ3v) is 4.38. The monoisotopic (exact) mass is 422 g/mol. The van der Waals surface area contributed by atoms with E-state index in [1.807, 2.05) is 24.5 Å². The number of alkyl halides is 3. The zero-order valence-electron chi connectivity index (χ0n) is 17.2. The Morgan fingerprint density at radius 3 is 2.40 bits per heavy atom. The van der Waals surface area contributed by atoms with Gasteiger partial charge in [-0.25, -0.2) is 4.79 Å². The second kappa shape index (κ2) is 9.25. The molecule has 162 valence electrons. The highest BCUT2D eigenvalue weighted by Crippen LogP contribution is 2.24. The molecule has 3 N–H and O–H groups in total. The molecule has 0 aliphatic rings. The smallest absolute Gasteiger partial charge is 0.475 e. The Kier molecular flexibility index (Phi) is 7.20. The highest BCUT2D eigenvalue weighted by atomic mass is 19.4. The van der Waals surface area contributed by atoms with Crippen molar-refractivity contribution in [3.63, 3.8) is 0 Å². The minimum absolute atomic E-state index is 0.139. The summed E-state index contributed by atoms with van der Waals surface area (Å²) < 4.78 is 31.7. The molecule has 3 aromatic heterocycles. The summed E-state index contributed by atoms with van der Waals surface area (Å²) in [6.45, 7) is 9.58. The maximum absolute atomic E-state index is 10.6. The zero-order chi connectivity index (χ0) is 22.5. The Morgan fingerprint density at radius 2 is 1.83 bits per heavy atom. The summed E-state index contributed by atoms with van der Waals surface area (Å²) in [6.07, 6.45) is -1.36. The number of nitrogens with zero attached hydrogens (tertiary/aromatic N) is 2. The molecule has 3 aromatic rings. The number of carbonyl (C=O) groups is 1. The van der Waals surface area contributed by atoms with Crippen LogP contribution < -0.4 is 5.32 Å². The largest absolute Gasteiger partial charge is 0.490 e. The lowest BCUT2D eigenvalue weighted by atomic mass is 9.87. The SMILES string of the molecule is CC(NCc1cc2ncccc2[nH]1)c1cc(C(C)(C)C)ccn1.O=C(O)C(F)(F)F. The van der Waals surface area contributed by atoms with Gasteiger partial charge in [0.2, 0.25) is 0 Å². The number of carboxylic acids is 1. The first-order chi connectivity index (χ1) is 13.9. The van der Waals surface area contributed by atoms with Gasteiger partial charge in [0.05, 0.1) is 16.7 Å². The van der Waals surface area contributed by atoms with E-state index in [4.69, 9.17) is 9.90 Å². The first kappa shape index (κ1) is 23.3. The van der Waals surface area contributed by atoms with Crippen molar-refractivity contribution in [1.29, 1.82) is 0 Å². The van der Waals surface area contributed by atoms with Crippen molar-refractivity contribution in [2.45, 2.75) is 51.9 Å². The van der Waals surface area contributed by atoms with E-state index in [1.165, 1.54) is 5.56 Å². The lowest BCUT2D eigenvalue weighted by Gasteiger charge is -2.21. The van der Waals surface area contributed by atoms with Gasteiger partial charge in [-0.05, 0) is 48.2 Å². The van der Waals surface area contributed by atoms with Crippen molar-refractivity contribution in [3.8, 4) is 0 Å². The second-order valence-electron chi connectivity index (χ2n) is 7.86. The number of pyridine rings is 2. The first-order valence-corrected chi connectivity index (χ1v) is 9.30. The fourth-order valence-electron chi connectivity index (χ4n) is 2.63. The lowest BCUT2D eigenvalue weighted by Crippen LogP contribution is -2.21. The molecular weight excluding hydrogens is 397 g/mol. The molecule has 1 atom stereocenters. The molecule has 30 heavy (non-hydrogen) atoms. The van der Waals surface area contributed by atoms with E-state index in [0.717, 1.165) is 29.0 Å². The van der Waals surface area contributed by atoms with Gasteiger partial charge in [0.1, 0.15) is 0 Å². The predicted octanol–water partition coefficient (Wildman–Crippen LogP) is 4.74. The Morgan fingerprint density at radius 1 is 1.17 bits per heavy atom. The van der Waals surface area contributed by atoms with Crippen molar-refractivity contribution in [3.05, 3.63) is 59.7 Å². The number of H-pyrrole nitrogens is 1. The van der Waals surface area contributed by atoms with Gasteiger partial charge in [-0.2, -0.15) is 13.2 Å². The van der Waals surface area contributed by atoms with Gasteiger partial charge in [-0.3, -0.25) is 9.97 Å². The Hall–Kier alpha value is -2.94. The Bertz CT molecular complexity index is 961. The molecule has 1 unspecified atom stereocenters. The number of aromatic amines is 1.